The molecule has 0 unspecified atom stereocenters. The molecule has 4 nitrogen and oxygen atoms in total. The SMILES string of the molecule is C#C[C@@H]1Cc2cc(-c3ccc4ncccc4c3)ccc2[C@@H](c2c(F)cc(/C=C/C(=O)O)cc2F)N1CC(C)(C)F. The van der Waals surface area contributed by atoms with Gasteiger partial charge in [-0.05, 0) is 84.5 Å². The lowest BCUT2D eigenvalue weighted by molar-refractivity contribution is -0.131. The highest BCUT2D eigenvalue weighted by molar-refractivity contribution is 5.85. The molecular weight excluding hydrogens is 513 g/mol. The van der Waals surface area contributed by atoms with Gasteiger partial charge < -0.3 is 5.11 Å². The van der Waals surface area contributed by atoms with Gasteiger partial charge in [0, 0.05) is 29.8 Å². The number of halogens is 3. The molecule has 202 valence electrons. The first-order valence-corrected chi connectivity index (χ1v) is 12.8. The van der Waals surface area contributed by atoms with Crippen LogP contribution in [0.5, 0.6) is 0 Å². The first kappa shape index (κ1) is 27.2. The molecule has 3 aromatic carbocycles. The standard InChI is InChI=1S/C33H27F3N2O2/c1-4-25-18-24-17-21(22-9-11-29-23(16-22)6-5-13-37-29)8-10-26(24)32(38(25)19-33(2,3)36)31-27(34)14-20(15-28(31)35)7-12-30(39)40/h1,5-17,25,32H,18-19H2,2-3H3,(H,39,40)/b12-7+/t25-,32+/m1/s1. The number of carbonyl (C=O) groups is 1. The molecule has 0 radical (unpaired) electrons. The average Bonchev–Trinajstić information content (AvgIpc) is 2.90. The first-order valence-electron chi connectivity index (χ1n) is 12.8. The van der Waals surface area contributed by atoms with E-state index in [-0.39, 0.29) is 17.7 Å². The van der Waals surface area contributed by atoms with Gasteiger partial charge >= 0.3 is 5.97 Å². The Labute approximate surface area is 230 Å². The molecule has 0 spiro atoms. The average molecular weight is 541 g/mol. The van der Waals surface area contributed by atoms with Crippen LogP contribution in [-0.4, -0.2) is 39.2 Å². The zero-order chi connectivity index (χ0) is 28.6. The summed E-state index contributed by atoms with van der Waals surface area (Å²) in [6.45, 7) is 2.65. The number of nitrogens with zero attached hydrogens (tertiary/aromatic N) is 2. The highest BCUT2D eigenvalue weighted by atomic mass is 19.1. The van der Waals surface area contributed by atoms with Crippen LogP contribution < -0.4 is 0 Å². The largest absolute Gasteiger partial charge is 0.478 e. The van der Waals surface area contributed by atoms with Crippen LogP contribution in [0, 0.1) is 24.0 Å². The van der Waals surface area contributed by atoms with Gasteiger partial charge in [-0.25, -0.2) is 18.0 Å². The van der Waals surface area contributed by atoms with Crippen molar-refractivity contribution in [2.24, 2.45) is 0 Å². The number of rotatable bonds is 6. The molecule has 2 heterocycles. The first-order chi connectivity index (χ1) is 19.0. The summed E-state index contributed by atoms with van der Waals surface area (Å²) in [7, 11) is 0. The molecule has 1 aliphatic heterocycles. The minimum Gasteiger partial charge on any atom is -0.478 e. The Hall–Kier alpha value is -4.41. The van der Waals surface area contributed by atoms with E-state index < -0.39 is 35.4 Å². The van der Waals surface area contributed by atoms with Gasteiger partial charge in [-0.3, -0.25) is 9.88 Å². The van der Waals surface area contributed by atoms with Crippen LogP contribution in [0.25, 0.3) is 28.1 Å². The van der Waals surface area contributed by atoms with Crippen LogP contribution in [0.1, 0.15) is 42.1 Å². The van der Waals surface area contributed by atoms with Gasteiger partial charge in [-0.1, -0.05) is 36.3 Å². The molecule has 1 aromatic heterocycles. The Kier molecular flexibility index (Phi) is 7.22. The molecule has 0 amide bonds. The Morgan fingerprint density at radius 3 is 2.50 bits per heavy atom. The Morgan fingerprint density at radius 1 is 1.12 bits per heavy atom. The van der Waals surface area contributed by atoms with Gasteiger partial charge in [0.25, 0.3) is 0 Å². The number of fused-ring (bicyclic) bond motifs is 2. The fourth-order valence-corrected chi connectivity index (χ4v) is 5.41. The molecule has 0 bridgehead atoms. The maximum Gasteiger partial charge on any atom is 0.328 e. The highest BCUT2D eigenvalue weighted by Gasteiger charge is 2.40. The summed E-state index contributed by atoms with van der Waals surface area (Å²) in [4.78, 5) is 16.9. The third-order valence-electron chi connectivity index (χ3n) is 7.06. The van der Waals surface area contributed by atoms with Gasteiger partial charge in [-0.2, -0.15) is 0 Å². The fraction of sp³-hybridized carbons (Fsp3) is 0.212. The fourth-order valence-electron chi connectivity index (χ4n) is 5.41. The third kappa shape index (κ3) is 5.49. The molecule has 4 aromatic rings. The predicted molar refractivity (Wildman–Crippen MR) is 150 cm³/mol. The summed E-state index contributed by atoms with van der Waals surface area (Å²) in [5.74, 6) is -0.263. The number of terminal acetylenes is 1. The summed E-state index contributed by atoms with van der Waals surface area (Å²) in [5.41, 5.74) is 2.29. The molecule has 0 fully saturated rings. The van der Waals surface area contributed by atoms with E-state index in [4.69, 9.17) is 11.5 Å². The van der Waals surface area contributed by atoms with Crippen LogP contribution >= 0.6 is 0 Å². The molecule has 0 saturated carbocycles. The summed E-state index contributed by atoms with van der Waals surface area (Å²) >= 11 is 0. The van der Waals surface area contributed by atoms with Crippen molar-refractivity contribution in [3.8, 4) is 23.5 Å². The molecule has 2 atom stereocenters. The second-order valence-corrected chi connectivity index (χ2v) is 10.6. The molecule has 1 aliphatic rings. The quantitative estimate of drug-likeness (QED) is 0.212. The minimum absolute atomic E-state index is 0.0594. The summed E-state index contributed by atoms with van der Waals surface area (Å²) in [6.07, 6.45) is 9.95. The van der Waals surface area contributed by atoms with E-state index in [9.17, 15) is 4.79 Å². The van der Waals surface area contributed by atoms with Crippen molar-refractivity contribution >= 4 is 22.9 Å². The number of aliphatic carboxylic acids is 1. The van der Waals surface area contributed by atoms with Crippen LogP contribution in [-0.2, 0) is 11.2 Å². The number of aromatic nitrogens is 1. The lowest BCUT2D eigenvalue weighted by Gasteiger charge is -2.43. The van der Waals surface area contributed by atoms with Crippen LogP contribution in [0.15, 0.2) is 72.9 Å². The van der Waals surface area contributed by atoms with Crippen molar-refractivity contribution in [3.63, 3.8) is 0 Å². The second kappa shape index (κ2) is 10.6. The van der Waals surface area contributed by atoms with E-state index in [1.54, 1.807) is 11.1 Å². The topological polar surface area (TPSA) is 53.4 Å². The molecule has 40 heavy (non-hydrogen) atoms. The van der Waals surface area contributed by atoms with Gasteiger partial charge in [0.05, 0.1) is 17.6 Å². The third-order valence-corrected chi connectivity index (χ3v) is 7.06. The van der Waals surface area contributed by atoms with E-state index in [2.05, 4.69) is 10.9 Å². The number of hydrogen-bond acceptors (Lipinski definition) is 3. The van der Waals surface area contributed by atoms with Gasteiger partial charge in [0.2, 0.25) is 0 Å². The number of pyridine rings is 1. The van der Waals surface area contributed by atoms with Crippen molar-refractivity contribution in [1.82, 2.24) is 9.88 Å². The number of carboxylic acids is 1. The molecule has 5 rings (SSSR count). The van der Waals surface area contributed by atoms with Crippen molar-refractivity contribution in [2.75, 3.05) is 6.54 Å². The molecule has 1 N–H and O–H groups in total. The van der Waals surface area contributed by atoms with E-state index in [0.717, 1.165) is 51.9 Å². The zero-order valence-electron chi connectivity index (χ0n) is 22.0. The number of carboxylic acid groups (broad SMARTS) is 1. The Balaban J connectivity index is 1.66. The zero-order valence-corrected chi connectivity index (χ0v) is 22.0. The van der Waals surface area contributed by atoms with Crippen LogP contribution in [0.3, 0.4) is 0 Å². The van der Waals surface area contributed by atoms with Gasteiger partial charge in [-0.15, -0.1) is 6.42 Å². The minimum atomic E-state index is -1.69. The van der Waals surface area contributed by atoms with Crippen molar-refractivity contribution in [3.05, 3.63) is 107 Å². The Morgan fingerprint density at radius 2 is 1.82 bits per heavy atom. The lowest BCUT2D eigenvalue weighted by Crippen LogP contribution is -2.49. The molecule has 7 heteroatoms. The van der Waals surface area contributed by atoms with E-state index in [1.165, 1.54) is 13.8 Å². The van der Waals surface area contributed by atoms with Crippen LogP contribution in [0.4, 0.5) is 13.2 Å². The van der Waals surface area contributed by atoms with Crippen molar-refractivity contribution in [2.45, 2.75) is 38.0 Å². The van der Waals surface area contributed by atoms with E-state index in [1.807, 2.05) is 48.5 Å². The predicted octanol–water partition coefficient (Wildman–Crippen LogP) is 6.98. The molecule has 0 saturated heterocycles. The normalized spacial score (nSPS) is 17.6. The van der Waals surface area contributed by atoms with E-state index >= 15 is 13.2 Å². The van der Waals surface area contributed by atoms with Crippen LogP contribution in [0.2, 0.25) is 0 Å². The smallest absolute Gasteiger partial charge is 0.328 e. The van der Waals surface area contributed by atoms with Crippen molar-refractivity contribution < 1.29 is 23.1 Å². The van der Waals surface area contributed by atoms with Crippen molar-refractivity contribution in [1.29, 1.82) is 0 Å². The Bertz CT molecular complexity index is 1660. The van der Waals surface area contributed by atoms with E-state index in [0.29, 0.717) is 12.0 Å². The number of hydrogen-bond donors (Lipinski definition) is 1. The number of benzene rings is 3. The molecular formula is C33H27F3N2O2. The number of alkyl halides is 1. The highest BCUT2D eigenvalue weighted by Crippen LogP contribution is 2.42. The second-order valence-electron chi connectivity index (χ2n) is 10.6. The summed E-state index contributed by atoms with van der Waals surface area (Å²) in [6, 6.07) is 16.0. The maximum atomic E-state index is 15.6. The van der Waals surface area contributed by atoms with Gasteiger partial charge in [0.15, 0.2) is 0 Å². The lowest BCUT2D eigenvalue weighted by atomic mass is 9.82. The van der Waals surface area contributed by atoms with Gasteiger partial charge in [0.1, 0.15) is 17.3 Å². The summed E-state index contributed by atoms with van der Waals surface area (Å²) < 4.78 is 46.3. The monoisotopic (exact) mass is 540 g/mol. The summed E-state index contributed by atoms with van der Waals surface area (Å²) in [5, 5.41) is 9.88. The molecule has 0 aliphatic carbocycles. The maximum absolute atomic E-state index is 15.6.